The molecule has 0 amide bonds. The van der Waals surface area contributed by atoms with Crippen molar-refractivity contribution in [2.45, 2.75) is 0 Å². The van der Waals surface area contributed by atoms with Crippen molar-refractivity contribution in [3.63, 3.8) is 0 Å². The van der Waals surface area contributed by atoms with E-state index in [4.69, 9.17) is 9.15 Å². The van der Waals surface area contributed by atoms with Crippen molar-refractivity contribution in [3.05, 3.63) is 78.1 Å². The maximum atomic E-state index is 13.4. The van der Waals surface area contributed by atoms with E-state index in [0.29, 0.717) is 33.7 Å². The van der Waals surface area contributed by atoms with E-state index in [1.807, 2.05) is 24.3 Å². The van der Waals surface area contributed by atoms with Crippen molar-refractivity contribution >= 4 is 23.1 Å². The number of fused-ring (bicyclic) bond motifs is 1. The van der Waals surface area contributed by atoms with Gasteiger partial charge in [0.15, 0.2) is 0 Å². The number of nitrogens with zero attached hydrogens (tertiary/aromatic N) is 1. The number of aromatic hydroxyl groups is 1. The normalized spacial score (nSPS) is 11.3. The van der Waals surface area contributed by atoms with Crippen LogP contribution in [0.2, 0.25) is 0 Å². The molecule has 27 heavy (non-hydrogen) atoms. The van der Waals surface area contributed by atoms with Crippen LogP contribution in [0.5, 0.6) is 11.5 Å². The largest absolute Gasteiger partial charge is 0.507 e. The molecule has 3 aromatic carbocycles. The summed E-state index contributed by atoms with van der Waals surface area (Å²) >= 11 is 0. The van der Waals surface area contributed by atoms with E-state index < -0.39 is 0 Å². The zero-order valence-electron chi connectivity index (χ0n) is 14.5. The van der Waals surface area contributed by atoms with Gasteiger partial charge in [-0.25, -0.2) is 9.38 Å². The summed E-state index contributed by atoms with van der Waals surface area (Å²) in [7, 11) is 1.59. The molecule has 0 bridgehead atoms. The van der Waals surface area contributed by atoms with Crippen LogP contribution in [0.1, 0.15) is 5.56 Å². The van der Waals surface area contributed by atoms with Crippen molar-refractivity contribution in [3.8, 4) is 22.6 Å². The fourth-order valence-corrected chi connectivity index (χ4v) is 2.99. The Hall–Kier alpha value is -3.60. The Bertz CT molecular complexity index is 1130. The molecule has 0 aliphatic heterocycles. The Morgan fingerprint density at radius 3 is 2.56 bits per heavy atom. The predicted octanol–water partition coefficient (Wildman–Crippen LogP) is 5.70. The maximum absolute atomic E-state index is 13.4. The molecule has 4 rings (SSSR count). The third-order valence-corrected chi connectivity index (χ3v) is 4.27. The van der Waals surface area contributed by atoms with E-state index >= 15 is 0 Å². The lowest BCUT2D eigenvalue weighted by molar-refractivity contribution is 0.414. The van der Waals surface area contributed by atoms with E-state index in [0.717, 1.165) is 5.56 Å². The number of rotatable bonds is 4. The number of phenolic OH excluding ortho intramolecular Hbond substituents is 1. The fraction of sp³-hybridized carbons (Fsp3) is 0.0455. The van der Waals surface area contributed by atoms with Gasteiger partial charge in [-0.15, -0.1) is 0 Å². The van der Waals surface area contributed by atoms with Gasteiger partial charge in [0.25, 0.3) is 0 Å². The van der Waals surface area contributed by atoms with E-state index in [9.17, 15) is 9.50 Å². The number of phenols is 1. The van der Waals surface area contributed by atoms with Crippen LogP contribution in [0.15, 0.2) is 76.1 Å². The lowest BCUT2D eigenvalue weighted by Gasteiger charge is -2.03. The number of aliphatic imine (C=N–C) groups is 1. The molecular weight excluding hydrogens is 345 g/mol. The highest BCUT2D eigenvalue weighted by molar-refractivity contribution is 6.04. The van der Waals surface area contributed by atoms with Crippen molar-refractivity contribution in [1.29, 1.82) is 0 Å². The van der Waals surface area contributed by atoms with Crippen LogP contribution in [0, 0.1) is 5.82 Å². The van der Waals surface area contributed by atoms with Crippen LogP contribution in [-0.2, 0) is 0 Å². The van der Waals surface area contributed by atoms with Gasteiger partial charge in [-0.3, -0.25) is 0 Å². The molecule has 1 aromatic heterocycles. The monoisotopic (exact) mass is 361 g/mol. The first-order valence-corrected chi connectivity index (χ1v) is 8.35. The molecule has 0 atom stereocenters. The molecule has 0 aliphatic carbocycles. The highest BCUT2D eigenvalue weighted by Crippen LogP contribution is 2.44. The molecule has 0 saturated carbocycles. The molecule has 1 N–H and O–H groups in total. The first-order chi connectivity index (χ1) is 13.2. The third-order valence-electron chi connectivity index (χ3n) is 4.27. The number of methoxy groups -OCH3 is 1. The smallest absolute Gasteiger partial charge is 0.228 e. The van der Waals surface area contributed by atoms with Crippen molar-refractivity contribution in [1.82, 2.24) is 0 Å². The van der Waals surface area contributed by atoms with Crippen LogP contribution in [0.3, 0.4) is 0 Å². The fourth-order valence-electron chi connectivity index (χ4n) is 2.99. The van der Waals surface area contributed by atoms with Crippen molar-refractivity contribution in [2.24, 2.45) is 4.99 Å². The Morgan fingerprint density at radius 1 is 1.00 bits per heavy atom. The van der Waals surface area contributed by atoms with Crippen LogP contribution < -0.4 is 4.74 Å². The Labute approximate surface area is 155 Å². The second-order valence-corrected chi connectivity index (χ2v) is 5.94. The number of furan rings is 1. The van der Waals surface area contributed by atoms with Gasteiger partial charge >= 0.3 is 0 Å². The number of hydrogen-bond donors (Lipinski definition) is 1. The minimum atomic E-state index is -0.338. The third kappa shape index (κ3) is 3.15. The first kappa shape index (κ1) is 16.8. The SMILES string of the molecule is COc1ccccc1C=Nc1oc2cccc(O)c2c1-c1ccc(F)cc1. The van der Waals surface area contributed by atoms with Gasteiger partial charge < -0.3 is 14.3 Å². The second kappa shape index (κ2) is 6.96. The highest BCUT2D eigenvalue weighted by atomic mass is 19.1. The van der Waals surface area contributed by atoms with Crippen LogP contribution >= 0.6 is 0 Å². The number of para-hydroxylation sites is 1. The molecule has 0 aliphatic rings. The average molecular weight is 361 g/mol. The zero-order chi connectivity index (χ0) is 18.8. The summed E-state index contributed by atoms with van der Waals surface area (Å²) in [4.78, 5) is 4.49. The van der Waals surface area contributed by atoms with Crippen molar-refractivity contribution < 1.29 is 18.7 Å². The van der Waals surface area contributed by atoms with Gasteiger partial charge in [-0.05, 0) is 42.0 Å². The number of benzene rings is 3. The summed E-state index contributed by atoms with van der Waals surface area (Å²) in [5.74, 6) is 0.747. The molecule has 0 radical (unpaired) electrons. The summed E-state index contributed by atoms with van der Waals surface area (Å²) in [6.07, 6.45) is 1.64. The molecule has 5 heteroatoms. The summed E-state index contributed by atoms with van der Waals surface area (Å²) < 4.78 is 24.6. The number of ether oxygens (including phenoxy) is 1. The molecule has 0 fully saturated rings. The second-order valence-electron chi connectivity index (χ2n) is 5.94. The zero-order valence-corrected chi connectivity index (χ0v) is 14.5. The quantitative estimate of drug-likeness (QED) is 0.474. The summed E-state index contributed by atoms with van der Waals surface area (Å²) in [6.45, 7) is 0. The van der Waals surface area contributed by atoms with E-state index in [1.54, 1.807) is 43.7 Å². The van der Waals surface area contributed by atoms with Gasteiger partial charge in [0.05, 0.1) is 18.1 Å². The van der Waals surface area contributed by atoms with Gasteiger partial charge in [0, 0.05) is 11.8 Å². The molecule has 0 unspecified atom stereocenters. The van der Waals surface area contributed by atoms with Gasteiger partial charge in [0.1, 0.15) is 22.9 Å². The summed E-state index contributed by atoms with van der Waals surface area (Å²) in [6, 6.07) is 18.5. The van der Waals surface area contributed by atoms with Crippen LogP contribution in [0.25, 0.3) is 22.1 Å². The molecule has 134 valence electrons. The van der Waals surface area contributed by atoms with Gasteiger partial charge in [0.2, 0.25) is 5.88 Å². The standard InChI is InChI=1S/C22H16FNO3/c1-26-18-7-3-2-5-15(18)13-24-22-20(14-9-11-16(23)12-10-14)21-17(25)6-4-8-19(21)27-22/h2-13,25H,1H3. The summed E-state index contributed by atoms with van der Waals surface area (Å²) in [5, 5.41) is 10.9. The first-order valence-electron chi connectivity index (χ1n) is 8.35. The molecule has 0 saturated heterocycles. The van der Waals surface area contributed by atoms with E-state index in [-0.39, 0.29) is 11.6 Å². The topological polar surface area (TPSA) is 55.0 Å². The Balaban J connectivity index is 1.90. The molecular formula is C22H16FNO3. The number of halogens is 1. The minimum absolute atomic E-state index is 0.0781. The van der Waals surface area contributed by atoms with Crippen LogP contribution in [0.4, 0.5) is 10.3 Å². The molecule has 1 heterocycles. The highest BCUT2D eigenvalue weighted by Gasteiger charge is 2.18. The van der Waals surface area contributed by atoms with E-state index in [1.165, 1.54) is 12.1 Å². The average Bonchev–Trinajstić information content (AvgIpc) is 3.07. The van der Waals surface area contributed by atoms with Crippen LogP contribution in [-0.4, -0.2) is 18.4 Å². The molecule has 4 nitrogen and oxygen atoms in total. The lowest BCUT2D eigenvalue weighted by atomic mass is 10.0. The maximum Gasteiger partial charge on any atom is 0.228 e. The van der Waals surface area contributed by atoms with Crippen molar-refractivity contribution in [2.75, 3.05) is 7.11 Å². The summed E-state index contributed by atoms with van der Waals surface area (Å²) in [5.41, 5.74) is 2.59. The van der Waals surface area contributed by atoms with E-state index in [2.05, 4.69) is 4.99 Å². The molecule has 4 aromatic rings. The van der Waals surface area contributed by atoms with Gasteiger partial charge in [-0.1, -0.05) is 30.3 Å². The van der Waals surface area contributed by atoms with Gasteiger partial charge in [-0.2, -0.15) is 0 Å². The Kier molecular flexibility index (Phi) is 4.34. The predicted molar refractivity (Wildman–Crippen MR) is 104 cm³/mol. The minimum Gasteiger partial charge on any atom is -0.507 e. The Morgan fingerprint density at radius 2 is 1.78 bits per heavy atom. The number of hydrogen-bond acceptors (Lipinski definition) is 4. The lowest BCUT2D eigenvalue weighted by Crippen LogP contribution is -1.89. The molecule has 0 spiro atoms.